The van der Waals surface area contributed by atoms with Crippen LogP contribution in [0.3, 0.4) is 0 Å². The molecule has 1 saturated heterocycles. The molecule has 0 aromatic carbocycles. The molecule has 0 spiro atoms. The summed E-state index contributed by atoms with van der Waals surface area (Å²) in [5.41, 5.74) is -0.253. The molecule has 5 atom stereocenters. The molecular weight excluding hydrogens is 352 g/mol. The molecule has 3 aliphatic heterocycles. The number of methoxy groups -OCH3 is 1. The lowest BCUT2D eigenvalue weighted by atomic mass is 9.79. The molecule has 3 heterocycles. The summed E-state index contributed by atoms with van der Waals surface area (Å²) in [5, 5.41) is 0. The van der Waals surface area contributed by atoms with Gasteiger partial charge in [0.05, 0.1) is 18.4 Å². The molecule has 7 heteroatoms. The van der Waals surface area contributed by atoms with Crippen LogP contribution in [0, 0.1) is 11.8 Å². The molecule has 0 radical (unpaired) electrons. The van der Waals surface area contributed by atoms with Crippen molar-refractivity contribution in [2.24, 2.45) is 11.8 Å². The van der Waals surface area contributed by atoms with Crippen LogP contribution in [0.2, 0.25) is 0 Å². The van der Waals surface area contributed by atoms with Gasteiger partial charge in [-0.25, -0.2) is 4.79 Å². The molecule has 0 aliphatic carbocycles. The van der Waals surface area contributed by atoms with Gasteiger partial charge in [-0.15, -0.1) is 0 Å². The van der Waals surface area contributed by atoms with E-state index in [9.17, 15) is 14.4 Å². The van der Waals surface area contributed by atoms with E-state index < -0.39 is 41.6 Å². The standard InChI is InChI=1S/C20H24O7/c1-10(2)18(22)26-15-8-20(4)16(21)7-13(27-20)11(3)6-14-17(15)12(9-24-5)19(23)25-14/h6-7,12,14-15,17H,1,8-9H2,2-5H3/b11-6-/t12-,14-,15+,17+,20-/m1/s1. The summed E-state index contributed by atoms with van der Waals surface area (Å²) in [6, 6.07) is 0. The highest BCUT2D eigenvalue weighted by Gasteiger charge is 2.54. The van der Waals surface area contributed by atoms with Crippen LogP contribution in [0.5, 0.6) is 0 Å². The zero-order valence-electron chi connectivity index (χ0n) is 15.9. The lowest BCUT2D eigenvalue weighted by Crippen LogP contribution is -2.45. The normalized spacial score (nSPS) is 36.9. The molecule has 2 bridgehead atoms. The van der Waals surface area contributed by atoms with E-state index in [1.165, 1.54) is 13.2 Å². The van der Waals surface area contributed by atoms with Crippen LogP contribution in [-0.4, -0.2) is 49.2 Å². The van der Waals surface area contributed by atoms with Gasteiger partial charge in [0, 0.05) is 25.2 Å². The second-order valence-electron chi connectivity index (χ2n) is 7.52. The molecule has 0 aromatic rings. The number of hydrogen-bond donors (Lipinski definition) is 0. The van der Waals surface area contributed by atoms with E-state index in [-0.39, 0.29) is 24.4 Å². The Hall–Kier alpha value is -2.41. The number of rotatable bonds is 4. The average Bonchev–Trinajstić information content (AvgIpc) is 3.05. The van der Waals surface area contributed by atoms with Crippen molar-refractivity contribution in [3.8, 4) is 0 Å². The van der Waals surface area contributed by atoms with Crippen LogP contribution in [0.1, 0.15) is 27.2 Å². The Labute approximate surface area is 158 Å². The Morgan fingerprint density at radius 3 is 2.74 bits per heavy atom. The molecule has 0 N–H and O–H groups in total. The zero-order valence-corrected chi connectivity index (χ0v) is 15.9. The third-order valence-electron chi connectivity index (χ3n) is 5.29. The monoisotopic (exact) mass is 376 g/mol. The van der Waals surface area contributed by atoms with Gasteiger partial charge in [-0.05, 0) is 32.4 Å². The maximum Gasteiger partial charge on any atom is 0.333 e. The van der Waals surface area contributed by atoms with Gasteiger partial charge in [0.1, 0.15) is 18.0 Å². The van der Waals surface area contributed by atoms with Crippen molar-refractivity contribution in [2.45, 2.75) is 45.0 Å². The van der Waals surface area contributed by atoms with Gasteiger partial charge >= 0.3 is 11.9 Å². The number of fused-ring (bicyclic) bond motifs is 3. The van der Waals surface area contributed by atoms with Crippen molar-refractivity contribution in [3.63, 3.8) is 0 Å². The fourth-order valence-electron chi connectivity index (χ4n) is 3.80. The minimum Gasteiger partial charge on any atom is -0.479 e. The van der Waals surface area contributed by atoms with Gasteiger partial charge in [-0.3, -0.25) is 9.59 Å². The van der Waals surface area contributed by atoms with E-state index >= 15 is 0 Å². The first-order valence-corrected chi connectivity index (χ1v) is 8.86. The number of carbonyl (C=O) groups is 3. The summed E-state index contributed by atoms with van der Waals surface area (Å²) in [6.07, 6.45) is 1.89. The van der Waals surface area contributed by atoms with Crippen molar-refractivity contribution in [2.75, 3.05) is 13.7 Å². The molecule has 27 heavy (non-hydrogen) atoms. The topological polar surface area (TPSA) is 88.1 Å². The van der Waals surface area contributed by atoms with Crippen molar-refractivity contribution in [1.29, 1.82) is 0 Å². The minimum atomic E-state index is -1.18. The van der Waals surface area contributed by atoms with E-state index in [4.69, 9.17) is 18.9 Å². The highest BCUT2D eigenvalue weighted by Crippen LogP contribution is 2.43. The lowest BCUT2D eigenvalue weighted by molar-refractivity contribution is -0.155. The zero-order chi connectivity index (χ0) is 19.9. The van der Waals surface area contributed by atoms with E-state index in [1.807, 2.05) is 0 Å². The molecule has 146 valence electrons. The predicted octanol–water partition coefficient (Wildman–Crippen LogP) is 1.87. The Morgan fingerprint density at radius 2 is 2.11 bits per heavy atom. The highest BCUT2D eigenvalue weighted by molar-refractivity contribution is 6.00. The Morgan fingerprint density at radius 1 is 1.41 bits per heavy atom. The van der Waals surface area contributed by atoms with Crippen LogP contribution in [-0.2, 0) is 33.3 Å². The van der Waals surface area contributed by atoms with Crippen molar-refractivity contribution >= 4 is 17.7 Å². The summed E-state index contributed by atoms with van der Waals surface area (Å²) in [5.74, 6) is -1.86. The molecule has 0 saturated carbocycles. The van der Waals surface area contributed by atoms with Gasteiger partial charge in [0.2, 0.25) is 5.78 Å². The molecule has 3 aliphatic rings. The highest BCUT2D eigenvalue weighted by atomic mass is 16.6. The van der Waals surface area contributed by atoms with Crippen LogP contribution < -0.4 is 0 Å². The van der Waals surface area contributed by atoms with Crippen LogP contribution in [0.25, 0.3) is 0 Å². The van der Waals surface area contributed by atoms with E-state index in [0.29, 0.717) is 11.3 Å². The maximum atomic E-state index is 12.6. The molecule has 1 fully saturated rings. The third-order valence-corrected chi connectivity index (χ3v) is 5.29. The molecular formula is C20H24O7. The number of carbonyl (C=O) groups excluding carboxylic acids is 3. The summed E-state index contributed by atoms with van der Waals surface area (Å²) in [4.78, 5) is 37.2. The van der Waals surface area contributed by atoms with Gasteiger partial charge < -0.3 is 18.9 Å². The van der Waals surface area contributed by atoms with Crippen LogP contribution >= 0.6 is 0 Å². The van der Waals surface area contributed by atoms with Gasteiger partial charge in [0.15, 0.2) is 5.60 Å². The Bertz CT molecular complexity index is 762. The third kappa shape index (κ3) is 3.43. The van der Waals surface area contributed by atoms with Crippen molar-refractivity contribution < 1.29 is 33.3 Å². The summed E-state index contributed by atoms with van der Waals surface area (Å²) in [6.45, 7) is 8.74. The number of hydrogen-bond acceptors (Lipinski definition) is 7. The summed E-state index contributed by atoms with van der Waals surface area (Å²) >= 11 is 0. The Kier molecular flexibility index (Phi) is 4.99. The van der Waals surface area contributed by atoms with E-state index in [1.54, 1.807) is 26.8 Å². The maximum absolute atomic E-state index is 12.6. The summed E-state index contributed by atoms with van der Waals surface area (Å²) in [7, 11) is 1.49. The molecule has 0 amide bonds. The Balaban J connectivity index is 2.07. The van der Waals surface area contributed by atoms with Gasteiger partial charge in [-0.1, -0.05) is 6.58 Å². The lowest BCUT2D eigenvalue weighted by Gasteiger charge is -2.33. The molecule has 0 aromatic heterocycles. The quantitative estimate of drug-likeness (QED) is 0.547. The number of esters is 2. The average molecular weight is 376 g/mol. The van der Waals surface area contributed by atoms with Gasteiger partial charge in [0.25, 0.3) is 0 Å². The van der Waals surface area contributed by atoms with E-state index in [2.05, 4.69) is 6.58 Å². The first kappa shape index (κ1) is 19.4. The van der Waals surface area contributed by atoms with E-state index in [0.717, 1.165) is 0 Å². The van der Waals surface area contributed by atoms with Gasteiger partial charge in [-0.2, -0.15) is 0 Å². The molecule has 0 unspecified atom stereocenters. The predicted molar refractivity (Wildman–Crippen MR) is 94.4 cm³/mol. The largest absolute Gasteiger partial charge is 0.479 e. The smallest absolute Gasteiger partial charge is 0.333 e. The minimum absolute atomic E-state index is 0.101. The number of ether oxygens (including phenoxy) is 4. The van der Waals surface area contributed by atoms with Crippen LogP contribution in [0.15, 0.2) is 35.6 Å². The fourth-order valence-corrected chi connectivity index (χ4v) is 3.80. The van der Waals surface area contributed by atoms with Crippen molar-refractivity contribution in [3.05, 3.63) is 35.6 Å². The first-order valence-electron chi connectivity index (χ1n) is 8.86. The van der Waals surface area contributed by atoms with Crippen LogP contribution in [0.4, 0.5) is 0 Å². The fraction of sp³-hybridized carbons (Fsp3) is 0.550. The second-order valence-corrected chi connectivity index (χ2v) is 7.52. The first-order chi connectivity index (χ1) is 12.7. The van der Waals surface area contributed by atoms with Crippen molar-refractivity contribution in [1.82, 2.24) is 0 Å². The summed E-state index contributed by atoms with van der Waals surface area (Å²) < 4.78 is 22.3. The SMILES string of the molecule is C=C(C)C(=O)O[C@H]1C[C@@]2(C)OC(=CC2=O)/C(C)=C\[C@H]2OC(=O)[C@H](COC)[C@H]12. The molecule has 7 nitrogen and oxygen atoms in total. The number of ketones is 1. The second kappa shape index (κ2) is 6.96. The number of allylic oxidation sites excluding steroid dienone is 1. The molecule has 3 rings (SSSR count).